The number of nitrogens with zero attached hydrogens (tertiary/aromatic N) is 1. The predicted molar refractivity (Wildman–Crippen MR) is 74.0 cm³/mol. The van der Waals surface area contributed by atoms with Crippen molar-refractivity contribution in [2.75, 3.05) is 13.7 Å². The zero-order valence-corrected chi connectivity index (χ0v) is 11.9. The van der Waals surface area contributed by atoms with E-state index in [2.05, 4.69) is 4.74 Å². The monoisotopic (exact) mass is 291 g/mol. The molecule has 1 fully saturated rings. The highest BCUT2D eigenvalue weighted by Gasteiger charge is 2.37. The van der Waals surface area contributed by atoms with Gasteiger partial charge in [0.25, 0.3) is 0 Å². The lowest BCUT2D eigenvalue weighted by molar-refractivity contribution is -0.136. The number of rotatable bonds is 2. The van der Waals surface area contributed by atoms with Crippen molar-refractivity contribution >= 4 is 18.0 Å². The molecule has 6 heteroatoms. The fourth-order valence-electron chi connectivity index (χ4n) is 2.71. The summed E-state index contributed by atoms with van der Waals surface area (Å²) in [7, 11) is 1.31. The predicted octanol–water partition coefficient (Wildman–Crippen LogP) is 2.10. The van der Waals surface area contributed by atoms with Crippen LogP contribution in [-0.2, 0) is 9.53 Å². The van der Waals surface area contributed by atoms with Gasteiger partial charge in [0.2, 0.25) is 5.91 Å². The van der Waals surface area contributed by atoms with Gasteiger partial charge in [-0.1, -0.05) is 19.1 Å². The van der Waals surface area contributed by atoms with Crippen LogP contribution in [0.4, 0.5) is 4.79 Å². The van der Waals surface area contributed by atoms with Gasteiger partial charge in [-0.3, -0.25) is 4.79 Å². The lowest BCUT2D eigenvalue weighted by Crippen LogP contribution is -2.46. The second kappa shape index (κ2) is 5.95. The molecule has 0 radical (unpaired) electrons. The smallest absolute Gasteiger partial charge is 0.414 e. The van der Waals surface area contributed by atoms with Gasteiger partial charge < -0.3 is 9.84 Å². The van der Waals surface area contributed by atoms with Crippen LogP contribution in [0.25, 0.3) is 0 Å². The van der Waals surface area contributed by atoms with Gasteiger partial charge in [0.1, 0.15) is 0 Å². The van der Waals surface area contributed by atoms with E-state index in [1.807, 2.05) is 6.07 Å². The van der Waals surface area contributed by atoms with Gasteiger partial charge in [0, 0.05) is 12.5 Å². The number of imide groups is 1. The molecular weight excluding hydrogens is 274 g/mol. The van der Waals surface area contributed by atoms with Crippen molar-refractivity contribution in [2.45, 2.75) is 19.3 Å². The summed E-state index contributed by atoms with van der Waals surface area (Å²) in [6.07, 6.45) is -0.669. The van der Waals surface area contributed by atoms with Crippen molar-refractivity contribution < 1.29 is 24.2 Å². The molecule has 1 saturated heterocycles. The Labute approximate surface area is 122 Å². The topological polar surface area (TPSA) is 83.9 Å². The van der Waals surface area contributed by atoms with Gasteiger partial charge in [0.15, 0.2) is 0 Å². The van der Waals surface area contributed by atoms with Gasteiger partial charge in [-0.15, -0.1) is 0 Å². The highest BCUT2D eigenvalue weighted by atomic mass is 16.5. The van der Waals surface area contributed by atoms with Crippen LogP contribution in [-0.4, -0.2) is 41.6 Å². The van der Waals surface area contributed by atoms with Gasteiger partial charge in [-0.05, 0) is 30.0 Å². The summed E-state index contributed by atoms with van der Waals surface area (Å²) in [5.41, 5.74) is 1.28. The van der Waals surface area contributed by atoms with E-state index in [0.29, 0.717) is 12.0 Å². The van der Waals surface area contributed by atoms with Crippen molar-refractivity contribution in [3.05, 3.63) is 35.4 Å². The first-order valence-electron chi connectivity index (χ1n) is 6.68. The van der Waals surface area contributed by atoms with Crippen LogP contribution in [0.1, 0.15) is 35.2 Å². The van der Waals surface area contributed by atoms with Gasteiger partial charge in [0.05, 0.1) is 12.7 Å². The van der Waals surface area contributed by atoms with Crippen LogP contribution in [0.5, 0.6) is 0 Å². The number of likely N-dealkylation sites (tertiary alicyclic amines) is 1. The number of carbonyl (C=O) groups excluding carboxylic acids is 2. The molecule has 1 heterocycles. The number of methoxy groups -OCH3 is 1. The molecule has 112 valence electrons. The van der Waals surface area contributed by atoms with Crippen molar-refractivity contribution in [1.82, 2.24) is 4.90 Å². The van der Waals surface area contributed by atoms with Crippen molar-refractivity contribution in [1.29, 1.82) is 0 Å². The number of amides is 2. The number of hydrogen-bond donors (Lipinski definition) is 1. The third kappa shape index (κ3) is 2.89. The number of benzene rings is 1. The van der Waals surface area contributed by atoms with Gasteiger partial charge >= 0.3 is 12.1 Å². The second-order valence-corrected chi connectivity index (χ2v) is 5.07. The number of ether oxygens (including phenoxy) is 1. The van der Waals surface area contributed by atoms with Crippen LogP contribution in [0.2, 0.25) is 0 Å². The summed E-state index contributed by atoms with van der Waals surface area (Å²) >= 11 is 0. The molecule has 21 heavy (non-hydrogen) atoms. The molecule has 2 rings (SSSR count). The van der Waals surface area contributed by atoms with Crippen molar-refractivity contribution in [2.24, 2.45) is 5.92 Å². The number of hydrogen-bond acceptors (Lipinski definition) is 4. The lowest BCUT2D eigenvalue weighted by atomic mass is 9.80. The Morgan fingerprint density at radius 3 is 2.71 bits per heavy atom. The lowest BCUT2D eigenvalue weighted by Gasteiger charge is -2.33. The Morgan fingerprint density at radius 2 is 2.10 bits per heavy atom. The molecule has 0 spiro atoms. The quantitative estimate of drug-likeness (QED) is 0.844. The standard InChI is InChI=1S/C15H17NO5/c1-9-12(6-7-16(13(9)17)15(19)20)10-4-3-5-11(8-10)14(18)21-2/h3-5,8-9,12H,6-7H2,1-2H3,(H,19,20). The van der Waals surface area contributed by atoms with E-state index in [-0.39, 0.29) is 12.5 Å². The third-order valence-electron chi connectivity index (χ3n) is 3.89. The SMILES string of the molecule is COC(=O)c1cccc(C2CCN(C(=O)O)C(=O)C2C)c1. The van der Waals surface area contributed by atoms with E-state index in [9.17, 15) is 14.4 Å². The molecule has 1 aromatic rings. The number of esters is 1. The third-order valence-corrected chi connectivity index (χ3v) is 3.89. The summed E-state index contributed by atoms with van der Waals surface area (Å²) in [6.45, 7) is 1.89. The maximum absolute atomic E-state index is 12.1. The average Bonchev–Trinajstić information content (AvgIpc) is 2.48. The Bertz CT molecular complexity index is 583. The molecule has 6 nitrogen and oxygen atoms in total. The molecule has 1 N–H and O–H groups in total. The summed E-state index contributed by atoms with van der Waals surface area (Å²) in [5.74, 6) is -1.37. The van der Waals surface area contributed by atoms with E-state index in [0.717, 1.165) is 10.5 Å². The van der Waals surface area contributed by atoms with Gasteiger partial charge in [-0.25, -0.2) is 14.5 Å². The second-order valence-electron chi connectivity index (χ2n) is 5.07. The average molecular weight is 291 g/mol. The van der Waals surface area contributed by atoms with E-state index in [1.54, 1.807) is 25.1 Å². The summed E-state index contributed by atoms with van der Waals surface area (Å²) in [5, 5.41) is 8.98. The van der Waals surface area contributed by atoms with E-state index < -0.39 is 23.9 Å². The molecule has 0 aromatic heterocycles. The molecule has 2 unspecified atom stereocenters. The van der Waals surface area contributed by atoms with E-state index in [4.69, 9.17) is 5.11 Å². The highest BCUT2D eigenvalue weighted by molar-refractivity contribution is 5.93. The molecule has 0 saturated carbocycles. The molecule has 2 amide bonds. The first-order valence-corrected chi connectivity index (χ1v) is 6.68. The fourth-order valence-corrected chi connectivity index (χ4v) is 2.71. The Hall–Kier alpha value is -2.37. The van der Waals surface area contributed by atoms with Crippen LogP contribution in [0.15, 0.2) is 24.3 Å². The summed E-state index contributed by atoms with van der Waals surface area (Å²) in [4.78, 5) is 35.5. The zero-order chi connectivity index (χ0) is 15.6. The largest absolute Gasteiger partial charge is 0.465 e. The van der Waals surface area contributed by atoms with E-state index in [1.165, 1.54) is 7.11 Å². The van der Waals surface area contributed by atoms with Crippen LogP contribution < -0.4 is 0 Å². The number of piperidine rings is 1. The fraction of sp³-hybridized carbons (Fsp3) is 0.400. The molecule has 1 aliphatic rings. The Morgan fingerprint density at radius 1 is 1.38 bits per heavy atom. The maximum atomic E-state index is 12.1. The first-order chi connectivity index (χ1) is 9.95. The van der Waals surface area contributed by atoms with Crippen LogP contribution in [0.3, 0.4) is 0 Å². The van der Waals surface area contributed by atoms with Crippen molar-refractivity contribution in [3.63, 3.8) is 0 Å². The van der Waals surface area contributed by atoms with Crippen molar-refractivity contribution in [3.8, 4) is 0 Å². The van der Waals surface area contributed by atoms with Crippen LogP contribution >= 0.6 is 0 Å². The maximum Gasteiger partial charge on any atom is 0.414 e. The number of carbonyl (C=O) groups is 3. The molecule has 2 atom stereocenters. The Kier molecular flexibility index (Phi) is 4.26. The minimum atomic E-state index is -1.21. The highest BCUT2D eigenvalue weighted by Crippen LogP contribution is 2.34. The van der Waals surface area contributed by atoms with Crippen LogP contribution in [0, 0.1) is 5.92 Å². The summed E-state index contributed by atoms with van der Waals surface area (Å²) < 4.78 is 4.68. The molecular formula is C15H17NO5. The number of carboxylic acid groups (broad SMARTS) is 1. The first kappa shape index (κ1) is 15.0. The zero-order valence-electron chi connectivity index (χ0n) is 11.9. The minimum absolute atomic E-state index is 0.0993. The summed E-state index contributed by atoms with van der Waals surface area (Å²) in [6, 6.07) is 6.94. The molecule has 0 bridgehead atoms. The molecule has 1 aromatic carbocycles. The van der Waals surface area contributed by atoms with Gasteiger partial charge in [-0.2, -0.15) is 0 Å². The molecule has 0 aliphatic carbocycles. The van der Waals surface area contributed by atoms with E-state index >= 15 is 0 Å². The Balaban J connectivity index is 2.25. The molecule has 1 aliphatic heterocycles. The minimum Gasteiger partial charge on any atom is -0.465 e. The normalized spacial score (nSPS) is 22.0.